The number of rotatable bonds is 2. The maximum Gasteiger partial charge on any atom is 0.242 e. The van der Waals surface area contributed by atoms with Gasteiger partial charge in [0.2, 0.25) is 5.91 Å². The molecule has 1 atom stereocenters. The van der Waals surface area contributed by atoms with Crippen LogP contribution in [0.5, 0.6) is 0 Å². The molecule has 0 spiro atoms. The van der Waals surface area contributed by atoms with Gasteiger partial charge in [-0.15, -0.1) is 0 Å². The zero-order valence-corrected chi connectivity index (χ0v) is 10.6. The van der Waals surface area contributed by atoms with Crippen molar-refractivity contribution in [1.82, 2.24) is 4.90 Å². The van der Waals surface area contributed by atoms with Crippen LogP contribution in [0.1, 0.15) is 41.0 Å². The average Bonchev–Trinajstić information content (AvgIpc) is 2.46. The monoisotopic (exact) mass is 212 g/mol. The van der Waals surface area contributed by atoms with Gasteiger partial charge in [0.25, 0.3) is 0 Å². The van der Waals surface area contributed by atoms with Crippen molar-refractivity contribution in [2.24, 2.45) is 17.1 Å². The second kappa shape index (κ2) is 3.78. The standard InChI is InChI=1S/C12H24N2O/c1-9(2)12(5)6-7-14(8-12)10(15)11(3,4)13/h9H,6-8,13H2,1-5H3/t12-/m1/s1. The van der Waals surface area contributed by atoms with Crippen LogP contribution in [0.3, 0.4) is 0 Å². The number of hydrogen-bond donors (Lipinski definition) is 1. The smallest absolute Gasteiger partial charge is 0.242 e. The van der Waals surface area contributed by atoms with Crippen LogP contribution in [0.15, 0.2) is 0 Å². The molecule has 0 saturated carbocycles. The second-order valence-electron chi connectivity index (χ2n) is 6.01. The quantitative estimate of drug-likeness (QED) is 0.756. The molecule has 0 aromatic carbocycles. The van der Waals surface area contributed by atoms with Gasteiger partial charge < -0.3 is 10.6 Å². The molecule has 1 rings (SSSR count). The van der Waals surface area contributed by atoms with Gasteiger partial charge in [-0.1, -0.05) is 20.8 Å². The summed E-state index contributed by atoms with van der Waals surface area (Å²) in [6.45, 7) is 12.0. The van der Waals surface area contributed by atoms with E-state index in [0.29, 0.717) is 5.92 Å². The molecule has 2 N–H and O–H groups in total. The van der Waals surface area contributed by atoms with Crippen molar-refractivity contribution < 1.29 is 4.79 Å². The lowest BCUT2D eigenvalue weighted by molar-refractivity contribution is -0.135. The van der Waals surface area contributed by atoms with Crippen LogP contribution in [0, 0.1) is 11.3 Å². The Hall–Kier alpha value is -0.570. The average molecular weight is 212 g/mol. The summed E-state index contributed by atoms with van der Waals surface area (Å²) in [5.74, 6) is 0.683. The molecule has 1 aliphatic heterocycles. The molecule has 15 heavy (non-hydrogen) atoms. The summed E-state index contributed by atoms with van der Waals surface area (Å²) in [6, 6.07) is 0. The van der Waals surface area contributed by atoms with Gasteiger partial charge in [0, 0.05) is 13.1 Å². The van der Waals surface area contributed by atoms with E-state index in [1.807, 2.05) is 4.90 Å². The normalized spacial score (nSPS) is 27.5. The fourth-order valence-electron chi connectivity index (χ4n) is 2.04. The molecule has 0 aromatic rings. The molecule has 1 fully saturated rings. The SMILES string of the molecule is CC(C)[C@]1(C)CCN(C(=O)C(C)(C)N)C1. The van der Waals surface area contributed by atoms with Gasteiger partial charge in [0.15, 0.2) is 0 Å². The minimum Gasteiger partial charge on any atom is -0.341 e. The largest absolute Gasteiger partial charge is 0.341 e. The third-order valence-electron chi connectivity index (χ3n) is 3.74. The molecule has 3 heteroatoms. The Bertz CT molecular complexity index is 255. The predicted molar refractivity (Wildman–Crippen MR) is 62.4 cm³/mol. The molecule has 1 heterocycles. The first-order valence-electron chi connectivity index (χ1n) is 5.75. The molecule has 1 aliphatic rings. The highest BCUT2D eigenvalue weighted by atomic mass is 16.2. The Labute approximate surface area is 93.0 Å². The van der Waals surface area contributed by atoms with Crippen molar-refractivity contribution in [3.63, 3.8) is 0 Å². The van der Waals surface area contributed by atoms with E-state index in [1.165, 1.54) is 0 Å². The van der Waals surface area contributed by atoms with Crippen molar-refractivity contribution in [3.8, 4) is 0 Å². The van der Waals surface area contributed by atoms with Crippen molar-refractivity contribution in [2.75, 3.05) is 13.1 Å². The van der Waals surface area contributed by atoms with E-state index >= 15 is 0 Å². The molecule has 1 saturated heterocycles. The molecule has 0 radical (unpaired) electrons. The van der Waals surface area contributed by atoms with E-state index in [4.69, 9.17) is 5.73 Å². The molecule has 1 amide bonds. The molecule has 0 bridgehead atoms. The minimum atomic E-state index is -0.734. The van der Waals surface area contributed by atoms with Crippen LogP contribution in [0.4, 0.5) is 0 Å². The summed E-state index contributed by atoms with van der Waals surface area (Å²) in [6.07, 6.45) is 1.09. The van der Waals surface area contributed by atoms with Gasteiger partial charge in [0.05, 0.1) is 5.54 Å². The summed E-state index contributed by atoms with van der Waals surface area (Å²) < 4.78 is 0. The summed E-state index contributed by atoms with van der Waals surface area (Å²) in [5, 5.41) is 0. The molecule has 0 unspecified atom stereocenters. The van der Waals surface area contributed by atoms with Crippen molar-refractivity contribution >= 4 is 5.91 Å². The van der Waals surface area contributed by atoms with Crippen molar-refractivity contribution in [3.05, 3.63) is 0 Å². The molecular formula is C12H24N2O. The van der Waals surface area contributed by atoms with Crippen LogP contribution in [-0.4, -0.2) is 29.4 Å². The summed E-state index contributed by atoms with van der Waals surface area (Å²) in [5.41, 5.74) is 5.36. The topological polar surface area (TPSA) is 46.3 Å². The second-order valence-corrected chi connectivity index (χ2v) is 6.01. The lowest BCUT2D eigenvalue weighted by Crippen LogP contribution is -2.50. The van der Waals surface area contributed by atoms with Crippen molar-refractivity contribution in [1.29, 1.82) is 0 Å². The Morgan fingerprint density at radius 3 is 2.33 bits per heavy atom. The van der Waals surface area contributed by atoms with E-state index in [0.717, 1.165) is 19.5 Å². The number of carbonyl (C=O) groups is 1. The number of likely N-dealkylation sites (tertiary alicyclic amines) is 1. The van der Waals surface area contributed by atoms with E-state index in [-0.39, 0.29) is 11.3 Å². The number of hydrogen-bond acceptors (Lipinski definition) is 2. The van der Waals surface area contributed by atoms with Crippen LogP contribution >= 0.6 is 0 Å². The molecule has 0 aromatic heterocycles. The highest BCUT2D eigenvalue weighted by molar-refractivity contribution is 5.85. The first-order valence-corrected chi connectivity index (χ1v) is 5.75. The maximum atomic E-state index is 12.0. The zero-order valence-electron chi connectivity index (χ0n) is 10.6. The fourth-order valence-corrected chi connectivity index (χ4v) is 2.04. The highest BCUT2D eigenvalue weighted by Gasteiger charge is 2.40. The minimum absolute atomic E-state index is 0.0758. The Morgan fingerprint density at radius 2 is 2.00 bits per heavy atom. The van der Waals surface area contributed by atoms with Crippen molar-refractivity contribution in [2.45, 2.75) is 46.6 Å². The first-order chi connectivity index (χ1) is 6.67. The third-order valence-corrected chi connectivity index (χ3v) is 3.74. The van der Waals surface area contributed by atoms with Crippen LogP contribution < -0.4 is 5.73 Å². The molecule has 0 aliphatic carbocycles. The van der Waals surface area contributed by atoms with Crippen LogP contribution in [0.2, 0.25) is 0 Å². The number of nitrogens with zero attached hydrogens (tertiary/aromatic N) is 1. The van der Waals surface area contributed by atoms with Gasteiger partial charge >= 0.3 is 0 Å². The number of amides is 1. The van der Waals surface area contributed by atoms with E-state index in [2.05, 4.69) is 20.8 Å². The number of nitrogens with two attached hydrogens (primary N) is 1. The van der Waals surface area contributed by atoms with E-state index in [9.17, 15) is 4.79 Å². The van der Waals surface area contributed by atoms with Gasteiger partial charge in [-0.05, 0) is 31.6 Å². The van der Waals surface area contributed by atoms with Gasteiger partial charge in [-0.2, -0.15) is 0 Å². The van der Waals surface area contributed by atoms with E-state index < -0.39 is 5.54 Å². The Kier molecular flexibility index (Phi) is 3.15. The van der Waals surface area contributed by atoms with Crippen LogP contribution in [-0.2, 0) is 4.79 Å². The van der Waals surface area contributed by atoms with Crippen LogP contribution in [0.25, 0.3) is 0 Å². The molecular weight excluding hydrogens is 188 g/mol. The van der Waals surface area contributed by atoms with Gasteiger partial charge in [0.1, 0.15) is 0 Å². The summed E-state index contributed by atoms with van der Waals surface area (Å²) in [7, 11) is 0. The summed E-state index contributed by atoms with van der Waals surface area (Å²) >= 11 is 0. The summed E-state index contributed by atoms with van der Waals surface area (Å²) in [4.78, 5) is 13.9. The Morgan fingerprint density at radius 1 is 1.47 bits per heavy atom. The fraction of sp³-hybridized carbons (Fsp3) is 0.917. The maximum absolute atomic E-state index is 12.0. The highest BCUT2D eigenvalue weighted by Crippen LogP contribution is 2.37. The zero-order chi connectivity index (χ0) is 11.9. The van der Waals surface area contributed by atoms with Gasteiger partial charge in [-0.25, -0.2) is 0 Å². The molecule has 88 valence electrons. The lowest BCUT2D eigenvalue weighted by Gasteiger charge is -2.31. The molecule has 3 nitrogen and oxygen atoms in total. The Balaban J connectivity index is 2.69. The van der Waals surface area contributed by atoms with E-state index in [1.54, 1.807) is 13.8 Å². The van der Waals surface area contributed by atoms with Gasteiger partial charge in [-0.3, -0.25) is 4.79 Å². The lowest BCUT2D eigenvalue weighted by atomic mass is 9.78. The predicted octanol–water partition coefficient (Wildman–Crippen LogP) is 1.62. The number of carbonyl (C=O) groups excluding carboxylic acids is 1. The third kappa shape index (κ3) is 2.51. The first kappa shape index (κ1) is 12.5.